The summed E-state index contributed by atoms with van der Waals surface area (Å²) in [6.45, 7) is 7.07. The summed E-state index contributed by atoms with van der Waals surface area (Å²) in [4.78, 5) is 26.0. The van der Waals surface area contributed by atoms with Gasteiger partial charge in [-0.05, 0) is 11.5 Å². The van der Waals surface area contributed by atoms with E-state index in [1.54, 1.807) is 0 Å². The summed E-state index contributed by atoms with van der Waals surface area (Å²) >= 11 is 0. The molecule has 0 heterocycles. The van der Waals surface area contributed by atoms with E-state index in [4.69, 9.17) is 0 Å². The van der Waals surface area contributed by atoms with Crippen LogP contribution in [-0.4, -0.2) is 23.0 Å². The number of carbonyl (C=O) groups is 2. The van der Waals surface area contributed by atoms with Crippen molar-refractivity contribution in [1.29, 1.82) is 0 Å². The van der Waals surface area contributed by atoms with E-state index in [0.717, 1.165) is 12.3 Å². The topological polar surface area (TPSA) is 66.7 Å². The zero-order valence-electron chi connectivity index (χ0n) is 9.49. The smallest absolute Gasteiger partial charge is 0.269 e. The number of nitrogens with zero attached hydrogens (tertiary/aromatic N) is 1. The average molecular weight is 221 g/mol. The normalized spacial score (nSPS) is 20.2. The van der Waals surface area contributed by atoms with E-state index < -0.39 is 5.91 Å². The van der Waals surface area contributed by atoms with Crippen LogP contribution in [0.4, 0.5) is 0 Å². The lowest BCUT2D eigenvalue weighted by Gasteiger charge is -2.28. The second-order valence-corrected chi connectivity index (χ2v) is 4.60. The summed E-state index contributed by atoms with van der Waals surface area (Å²) in [5.41, 5.74) is -0.101. The van der Waals surface area contributed by atoms with Gasteiger partial charge in [0.2, 0.25) is 0 Å². The Morgan fingerprint density at radius 3 is 2.62 bits per heavy atom. The lowest BCUT2D eigenvalue weighted by molar-refractivity contribution is -0.117. The van der Waals surface area contributed by atoms with Crippen LogP contribution >= 0.6 is 0 Å². The molecule has 0 bridgehead atoms. The maximum absolute atomic E-state index is 11.7. The number of aliphatic hydroxyl groups is 1. The van der Waals surface area contributed by atoms with Gasteiger partial charge in [0.25, 0.3) is 5.91 Å². The van der Waals surface area contributed by atoms with Gasteiger partial charge in [-0.25, -0.2) is 4.99 Å². The zero-order valence-corrected chi connectivity index (χ0v) is 9.49. The first kappa shape index (κ1) is 12.4. The molecule has 0 saturated heterocycles. The van der Waals surface area contributed by atoms with Gasteiger partial charge in [0.05, 0.1) is 5.57 Å². The molecule has 0 spiro atoms. The highest BCUT2D eigenvalue weighted by molar-refractivity contribution is 6.16. The fourth-order valence-electron chi connectivity index (χ4n) is 1.63. The minimum Gasteiger partial charge on any atom is -0.511 e. The first-order chi connectivity index (χ1) is 7.35. The van der Waals surface area contributed by atoms with E-state index in [1.165, 1.54) is 0 Å². The number of aliphatic imine (C=N–C) groups is 1. The van der Waals surface area contributed by atoms with Crippen LogP contribution in [0.3, 0.4) is 0 Å². The molecule has 1 aliphatic rings. The van der Waals surface area contributed by atoms with Gasteiger partial charge in [-0.1, -0.05) is 20.4 Å². The number of Topliss-reactive ketones (excluding diaryl/α,β-unsaturated/α-hetero) is 1. The largest absolute Gasteiger partial charge is 0.511 e. The van der Waals surface area contributed by atoms with E-state index in [2.05, 4.69) is 11.6 Å². The minimum absolute atomic E-state index is 0.00172. The number of aliphatic hydroxyl groups excluding tert-OH is 1. The minimum atomic E-state index is -0.530. The molecule has 0 radical (unpaired) electrons. The van der Waals surface area contributed by atoms with Gasteiger partial charge < -0.3 is 5.11 Å². The predicted molar refractivity (Wildman–Crippen MR) is 61.4 cm³/mol. The maximum Gasteiger partial charge on any atom is 0.269 e. The van der Waals surface area contributed by atoms with Crippen molar-refractivity contribution in [2.45, 2.75) is 26.7 Å². The Hall–Kier alpha value is -1.71. The lowest BCUT2D eigenvalue weighted by Crippen LogP contribution is -2.26. The Bertz CT molecular complexity index is 402. The number of rotatable bonds is 2. The third-order valence-electron chi connectivity index (χ3n) is 2.39. The summed E-state index contributed by atoms with van der Waals surface area (Å²) < 4.78 is 0. The molecule has 4 heteroatoms. The molecule has 1 N–H and O–H groups in total. The number of carbonyl (C=O) groups excluding carboxylic acids is 2. The molecule has 0 aromatic heterocycles. The van der Waals surface area contributed by atoms with Gasteiger partial charge in [0.15, 0.2) is 5.78 Å². The number of ketones is 1. The first-order valence-corrected chi connectivity index (χ1v) is 5.01. The van der Waals surface area contributed by atoms with Gasteiger partial charge >= 0.3 is 0 Å². The lowest BCUT2D eigenvalue weighted by atomic mass is 9.77. The van der Waals surface area contributed by atoms with Crippen LogP contribution in [0.1, 0.15) is 26.7 Å². The van der Waals surface area contributed by atoms with Crippen molar-refractivity contribution in [3.05, 3.63) is 24.0 Å². The molecular weight excluding hydrogens is 206 g/mol. The van der Waals surface area contributed by atoms with Crippen molar-refractivity contribution in [3.63, 3.8) is 0 Å². The highest BCUT2D eigenvalue weighted by atomic mass is 16.3. The molecule has 0 unspecified atom stereocenters. The van der Waals surface area contributed by atoms with E-state index in [0.29, 0.717) is 12.8 Å². The van der Waals surface area contributed by atoms with Crippen molar-refractivity contribution >= 4 is 17.9 Å². The number of amides is 1. The van der Waals surface area contributed by atoms with Crippen molar-refractivity contribution in [3.8, 4) is 0 Å². The van der Waals surface area contributed by atoms with Crippen molar-refractivity contribution in [2.75, 3.05) is 0 Å². The van der Waals surface area contributed by atoms with Gasteiger partial charge in [0.1, 0.15) is 5.76 Å². The number of hydrogen-bond acceptors (Lipinski definition) is 3. The molecule has 0 aromatic rings. The zero-order chi connectivity index (χ0) is 12.3. The van der Waals surface area contributed by atoms with Crippen LogP contribution in [-0.2, 0) is 9.59 Å². The van der Waals surface area contributed by atoms with Crippen LogP contribution in [0.15, 0.2) is 29.0 Å². The van der Waals surface area contributed by atoms with Crippen LogP contribution in [0.2, 0.25) is 0 Å². The van der Waals surface area contributed by atoms with Gasteiger partial charge in [-0.3, -0.25) is 9.59 Å². The third-order valence-corrected chi connectivity index (χ3v) is 2.39. The van der Waals surface area contributed by atoms with Crippen LogP contribution < -0.4 is 0 Å². The number of hydrogen-bond donors (Lipinski definition) is 1. The van der Waals surface area contributed by atoms with E-state index in [-0.39, 0.29) is 22.5 Å². The van der Waals surface area contributed by atoms with Crippen molar-refractivity contribution in [1.82, 2.24) is 0 Å². The van der Waals surface area contributed by atoms with Crippen LogP contribution in [0.5, 0.6) is 0 Å². The summed E-state index contributed by atoms with van der Waals surface area (Å²) in [5.74, 6) is -0.714. The van der Waals surface area contributed by atoms with Crippen molar-refractivity contribution in [2.24, 2.45) is 10.4 Å². The molecule has 1 rings (SSSR count). The van der Waals surface area contributed by atoms with E-state index in [9.17, 15) is 14.7 Å². The summed E-state index contributed by atoms with van der Waals surface area (Å²) in [5, 5.41) is 9.69. The summed E-state index contributed by atoms with van der Waals surface area (Å²) in [7, 11) is 0. The molecule has 1 amide bonds. The van der Waals surface area contributed by atoms with E-state index >= 15 is 0 Å². The fraction of sp³-hybridized carbons (Fsp3) is 0.417. The Morgan fingerprint density at radius 1 is 1.50 bits per heavy atom. The monoisotopic (exact) mass is 221 g/mol. The van der Waals surface area contributed by atoms with E-state index in [1.807, 2.05) is 13.8 Å². The summed E-state index contributed by atoms with van der Waals surface area (Å²) in [6, 6.07) is 0. The highest BCUT2D eigenvalue weighted by Crippen LogP contribution is 2.34. The Balaban J connectivity index is 2.96. The molecule has 0 aliphatic heterocycles. The number of allylic oxidation sites excluding steroid dienone is 2. The summed E-state index contributed by atoms with van der Waals surface area (Å²) in [6.07, 6.45) is 2.94. The SMILES string of the molecule is C=CC(=O)N=CC1=C(O)CC(C)(C)CC1=O. The third kappa shape index (κ3) is 2.89. The predicted octanol–water partition coefficient (Wildman–Crippen LogP) is 1.97. The van der Waals surface area contributed by atoms with Gasteiger partial charge in [-0.2, -0.15) is 0 Å². The average Bonchev–Trinajstić information content (AvgIpc) is 2.14. The molecule has 1 aliphatic carbocycles. The maximum atomic E-state index is 11.7. The highest BCUT2D eigenvalue weighted by Gasteiger charge is 2.32. The second kappa shape index (κ2) is 4.43. The molecule has 0 aromatic carbocycles. The Morgan fingerprint density at radius 2 is 2.12 bits per heavy atom. The molecule has 0 fully saturated rings. The standard InChI is InChI=1S/C12H15NO3/c1-4-11(16)13-7-8-9(14)5-12(2,3)6-10(8)15/h4,7,14H,1,5-6H2,2-3H3. The Kier molecular flexibility index (Phi) is 3.42. The quantitative estimate of drug-likeness (QED) is 0.572. The molecular formula is C12H15NO3. The van der Waals surface area contributed by atoms with Gasteiger partial charge in [-0.15, -0.1) is 0 Å². The fourth-order valence-corrected chi connectivity index (χ4v) is 1.63. The molecule has 86 valence electrons. The first-order valence-electron chi connectivity index (χ1n) is 5.01. The molecule has 4 nitrogen and oxygen atoms in total. The van der Waals surface area contributed by atoms with Gasteiger partial charge in [0, 0.05) is 19.1 Å². The van der Waals surface area contributed by atoms with Crippen LogP contribution in [0.25, 0.3) is 0 Å². The Labute approximate surface area is 94.4 Å². The molecule has 16 heavy (non-hydrogen) atoms. The molecule has 0 atom stereocenters. The molecule has 0 saturated carbocycles. The van der Waals surface area contributed by atoms with Crippen molar-refractivity contribution < 1.29 is 14.7 Å². The second-order valence-electron chi connectivity index (χ2n) is 4.60. The van der Waals surface area contributed by atoms with Crippen LogP contribution in [0, 0.1) is 5.41 Å².